The van der Waals surface area contributed by atoms with Crippen LogP contribution in [0.2, 0.25) is 0 Å². The molecule has 0 saturated carbocycles. The molecule has 3 rings (SSSR count). The fourth-order valence-corrected chi connectivity index (χ4v) is 3.82. The normalized spacial score (nSPS) is 13.6. The zero-order valence-electron chi connectivity index (χ0n) is 14.4. The van der Waals surface area contributed by atoms with Gasteiger partial charge in [0, 0.05) is 36.6 Å². The number of ether oxygens (including phenoxy) is 1. The lowest BCUT2D eigenvalue weighted by molar-refractivity contribution is -0.116. The molecule has 1 N–H and O–H groups in total. The third kappa shape index (κ3) is 3.58. The average Bonchev–Trinajstić information content (AvgIpc) is 3.15. The van der Waals surface area contributed by atoms with Crippen molar-refractivity contribution in [2.45, 2.75) is 18.2 Å². The summed E-state index contributed by atoms with van der Waals surface area (Å²) in [6.07, 6.45) is 6.34. The van der Waals surface area contributed by atoms with Gasteiger partial charge in [-0.05, 0) is 24.6 Å². The number of H-pyrrole nitrogens is 1. The van der Waals surface area contributed by atoms with Gasteiger partial charge < -0.3 is 9.72 Å². The number of benzene rings is 1. The highest BCUT2D eigenvalue weighted by Crippen LogP contribution is 2.29. The lowest BCUT2D eigenvalue weighted by Crippen LogP contribution is -2.05. The van der Waals surface area contributed by atoms with E-state index in [4.69, 9.17) is 4.74 Å². The Bertz CT molecular complexity index is 1040. The molecule has 0 bridgehead atoms. The Morgan fingerprint density at radius 1 is 1.44 bits per heavy atom. The molecule has 8 heteroatoms. The number of carbonyl (C=O) groups excluding carboxylic acids is 1. The third-order valence-electron chi connectivity index (χ3n) is 3.79. The molecule has 2 aromatic heterocycles. The van der Waals surface area contributed by atoms with Gasteiger partial charge in [0.25, 0.3) is 5.91 Å². The van der Waals surface area contributed by atoms with E-state index >= 15 is 0 Å². The van der Waals surface area contributed by atoms with E-state index in [1.54, 1.807) is 19.4 Å². The molecule has 0 aliphatic rings. The highest BCUT2D eigenvalue weighted by Gasteiger charge is 2.15. The van der Waals surface area contributed by atoms with Crippen molar-refractivity contribution in [1.82, 2.24) is 14.8 Å². The molecule has 0 spiro atoms. The summed E-state index contributed by atoms with van der Waals surface area (Å²) in [5.74, 6) is 0.275. The Labute approximate surface area is 146 Å². The van der Waals surface area contributed by atoms with E-state index < -0.39 is 15.6 Å². The maximum absolute atomic E-state index is 12.7. The van der Waals surface area contributed by atoms with Crippen LogP contribution in [0, 0.1) is 0 Å². The number of amides is 1. The van der Waals surface area contributed by atoms with Crippen molar-refractivity contribution in [3.8, 4) is 5.75 Å². The largest absolute Gasteiger partial charge is 0.493 e. The number of aromatic nitrogens is 3. The van der Waals surface area contributed by atoms with Gasteiger partial charge in [-0.1, -0.05) is 6.07 Å². The first kappa shape index (κ1) is 17.2. The molecule has 2 heterocycles. The van der Waals surface area contributed by atoms with Crippen LogP contribution in [0.3, 0.4) is 0 Å². The van der Waals surface area contributed by atoms with Crippen molar-refractivity contribution in [2.24, 2.45) is 11.4 Å². The summed E-state index contributed by atoms with van der Waals surface area (Å²) in [6.45, 7) is 2.44. The summed E-state index contributed by atoms with van der Waals surface area (Å²) in [6, 6.07) is 5.67. The summed E-state index contributed by atoms with van der Waals surface area (Å²) < 4.78 is 23.8. The number of nitrogens with zero attached hydrogens (tertiary/aromatic N) is 3. The molecule has 1 aromatic carbocycles. The minimum atomic E-state index is -2.81. The van der Waals surface area contributed by atoms with Crippen molar-refractivity contribution in [3.63, 3.8) is 0 Å². The lowest BCUT2D eigenvalue weighted by atomic mass is 10.1. The molecule has 1 unspecified atom stereocenters. The number of aromatic amines is 1. The second-order valence-electron chi connectivity index (χ2n) is 5.74. The summed E-state index contributed by atoms with van der Waals surface area (Å²) >= 11 is 0. The average molecular weight is 360 g/mol. The predicted molar refractivity (Wildman–Crippen MR) is 96.1 cm³/mol. The SMILES string of the molecule is CCOc1cccc2[nH]cc(CC(=O)N=S(C)(=O)c3cnn(C)c3)c12. The van der Waals surface area contributed by atoms with Gasteiger partial charge in [-0.25, -0.2) is 4.21 Å². The van der Waals surface area contributed by atoms with E-state index in [-0.39, 0.29) is 6.42 Å². The van der Waals surface area contributed by atoms with Gasteiger partial charge in [0.1, 0.15) is 5.75 Å². The maximum atomic E-state index is 12.7. The molecule has 0 fully saturated rings. The van der Waals surface area contributed by atoms with Crippen molar-refractivity contribution in [2.75, 3.05) is 12.9 Å². The Morgan fingerprint density at radius 3 is 2.92 bits per heavy atom. The number of aryl methyl sites for hydroxylation is 1. The second-order valence-corrected chi connectivity index (χ2v) is 8.00. The second kappa shape index (κ2) is 6.72. The van der Waals surface area contributed by atoms with E-state index in [1.807, 2.05) is 25.1 Å². The topological polar surface area (TPSA) is 89.3 Å². The molecular formula is C17H20N4O3S. The Kier molecular flexibility index (Phi) is 4.63. The first-order valence-electron chi connectivity index (χ1n) is 7.86. The van der Waals surface area contributed by atoms with Crippen LogP contribution in [0.4, 0.5) is 0 Å². The molecule has 25 heavy (non-hydrogen) atoms. The summed E-state index contributed by atoms with van der Waals surface area (Å²) in [5.41, 5.74) is 1.66. The Morgan fingerprint density at radius 2 is 2.24 bits per heavy atom. The van der Waals surface area contributed by atoms with E-state index in [1.165, 1.54) is 17.1 Å². The zero-order chi connectivity index (χ0) is 18.0. The van der Waals surface area contributed by atoms with E-state index in [0.717, 1.165) is 16.5 Å². The van der Waals surface area contributed by atoms with Crippen molar-refractivity contribution in [3.05, 3.63) is 42.4 Å². The minimum Gasteiger partial charge on any atom is -0.493 e. The van der Waals surface area contributed by atoms with E-state index in [9.17, 15) is 9.00 Å². The summed E-state index contributed by atoms with van der Waals surface area (Å²) in [7, 11) is -1.09. The molecule has 3 aromatic rings. The highest BCUT2D eigenvalue weighted by molar-refractivity contribution is 7.93. The fraction of sp³-hybridized carbons (Fsp3) is 0.294. The van der Waals surface area contributed by atoms with Crippen LogP contribution in [-0.2, 0) is 28.0 Å². The molecule has 132 valence electrons. The molecule has 0 radical (unpaired) electrons. The lowest BCUT2D eigenvalue weighted by Gasteiger charge is -2.06. The number of fused-ring (bicyclic) bond motifs is 1. The van der Waals surface area contributed by atoms with Gasteiger partial charge in [0.15, 0.2) is 0 Å². The first-order valence-corrected chi connectivity index (χ1v) is 9.78. The van der Waals surface area contributed by atoms with Crippen molar-refractivity contribution >= 4 is 26.5 Å². The molecule has 0 saturated heterocycles. The van der Waals surface area contributed by atoms with Crippen LogP contribution in [0.5, 0.6) is 5.75 Å². The first-order chi connectivity index (χ1) is 11.9. The number of carbonyl (C=O) groups is 1. The molecule has 0 aliphatic carbocycles. The van der Waals surface area contributed by atoms with Crippen LogP contribution in [0.15, 0.2) is 46.0 Å². The van der Waals surface area contributed by atoms with Crippen molar-refractivity contribution < 1.29 is 13.7 Å². The third-order valence-corrected chi connectivity index (χ3v) is 5.42. The Balaban J connectivity index is 1.92. The van der Waals surface area contributed by atoms with Crippen LogP contribution < -0.4 is 4.74 Å². The zero-order valence-corrected chi connectivity index (χ0v) is 15.2. The maximum Gasteiger partial charge on any atom is 0.258 e. The van der Waals surface area contributed by atoms with E-state index in [0.29, 0.717) is 17.3 Å². The highest BCUT2D eigenvalue weighted by atomic mass is 32.2. The predicted octanol–water partition coefficient (Wildman–Crippen LogP) is 2.53. The van der Waals surface area contributed by atoms with Gasteiger partial charge in [-0.2, -0.15) is 9.46 Å². The molecule has 0 aliphatic heterocycles. The van der Waals surface area contributed by atoms with E-state index in [2.05, 4.69) is 14.4 Å². The number of hydrogen-bond acceptors (Lipinski definition) is 4. The molecular weight excluding hydrogens is 340 g/mol. The van der Waals surface area contributed by atoms with Gasteiger partial charge in [-0.3, -0.25) is 9.48 Å². The van der Waals surface area contributed by atoms with Gasteiger partial charge in [-0.15, -0.1) is 0 Å². The summed E-state index contributed by atoms with van der Waals surface area (Å²) in [4.78, 5) is 16.0. The molecule has 1 amide bonds. The van der Waals surface area contributed by atoms with Crippen LogP contribution >= 0.6 is 0 Å². The number of hydrogen-bond donors (Lipinski definition) is 1. The van der Waals surface area contributed by atoms with Crippen molar-refractivity contribution in [1.29, 1.82) is 0 Å². The smallest absolute Gasteiger partial charge is 0.258 e. The Hall–Kier alpha value is -2.61. The number of nitrogens with one attached hydrogen (secondary N) is 1. The van der Waals surface area contributed by atoms with Gasteiger partial charge in [0.05, 0.1) is 33.8 Å². The molecule has 1 atom stereocenters. The monoisotopic (exact) mass is 360 g/mol. The minimum absolute atomic E-state index is 0.0508. The quantitative estimate of drug-likeness (QED) is 0.757. The van der Waals surface area contributed by atoms with Crippen LogP contribution in [-0.4, -0.2) is 37.7 Å². The van der Waals surface area contributed by atoms with Crippen LogP contribution in [0.25, 0.3) is 10.9 Å². The fourth-order valence-electron chi connectivity index (χ4n) is 2.67. The van der Waals surface area contributed by atoms with Gasteiger partial charge in [0.2, 0.25) is 0 Å². The number of rotatable bonds is 5. The van der Waals surface area contributed by atoms with Crippen LogP contribution in [0.1, 0.15) is 12.5 Å². The standard InChI is InChI=1S/C17H20N4O3S/c1-4-24-15-7-5-6-14-17(15)12(9-18-14)8-16(22)20-25(3,23)13-10-19-21(2)11-13/h5-7,9-11,18H,4,8H2,1-3H3. The van der Waals surface area contributed by atoms with Gasteiger partial charge >= 0.3 is 0 Å². The molecule has 7 nitrogen and oxygen atoms in total. The summed E-state index contributed by atoms with van der Waals surface area (Å²) in [5, 5.41) is 4.84.